The molecule has 3 amide bonds. The minimum absolute atomic E-state index is 0.0386. The second kappa shape index (κ2) is 24.7. The molecule has 15 nitrogen and oxygen atoms in total. The SMILES string of the molecule is CN(OCc1ccccc1)C(=O)C(Cc1cc(CC(C(=O)OC(C)(C)C)C(=O)N(C)OCc2ccccc2)cc(CC(C(=O)OC(C)(C)C)C(=O)N(C)OCc2ccccc2)c1)C(=O)OC(C)(C)C. The number of nitrogens with zero attached hydrogens (tertiary/aromatic N) is 3. The van der Waals surface area contributed by atoms with E-state index in [4.69, 9.17) is 28.7 Å². The van der Waals surface area contributed by atoms with Crippen molar-refractivity contribution in [1.29, 1.82) is 0 Å². The summed E-state index contributed by atoms with van der Waals surface area (Å²) >= 11 is 0. The fraction of sp³-hybridized carbons (Fsp3) is 0.444. The summed E-state index contributed by atoms with van der Waals surface area (Å²) in [5, 5.41) is 2.99. The normalized spacial score (nSPS) is 13.0. The molecular formula is C54H69N3O12. The summed E-state index contributed by atoms with van der Waals surface area (Å²) in [6.45, 7) is 15.3. The van der Waals surface area contributed by atoms with Crippen LogP contribution in [-0.4, -0.2) is 88.8 Å². The number of benzene rings is 4. The van der Waals surface area contributed by atoms with Gasteiger partial charge in [-0.3, -0.25) is 43.3 Å². The largest absolute Gasteiger partial charge is 0.459 e. The zero-order chi connectivity index (χ0) is 51.1. The quantitative estimate of drug-likeness (QED) is 0.0343. The van der Waals surface area contributed by atoms with Crippen LogP contribution < -0.4 is 0 Å². The molecule has 0 aliphatic carbocycles. The molecule has 0 spiro atoms. The summed E-state index contributed by atoms with van der Waals surface area (Å²) in [6, 6.07) is 32.6. The molecule has 15 heteroatoms. The standard InChI is InChI=1S/C54H69N3O12/c1-52(2,3)67-49(61)43(46(58)55(10)64-34-37-22-16-13-17-23-37)31-40-28-41(32-44(50(62)68-53(4,5)6)47(59)56(11)65-35-38-24-18-14-19-25-38)30-42(29-40)33-45(51(63)69-54(7,8)9)48(60)57(12)66-36-39-26-20-15-21-27-39/h13-30,43-45H,31-36H2,1-12H3. The molecule has 4 rings (SSSR count). The van der Waals surface area contributed by atoms with E-state index in [0.717, 1.165) is 31.9 Å². The van der Waals surface area contributed by atoms with Gasteiger partial charge in [0.05, 0.1) is 0 Å². The van der Waals surface area contributed by atoms with Gasteiger partial charge >= 0.3 is 17.9 Å². The zero-order valence-electron chi connectivity index (χ0n) is 42.1. The number of hydrogen-bond donors (Lipinski definition) is 0. The molecule has 69 heavy (non-hydrogen) atoms. The zero-order valence-corrected chi connectivity index (χ0v) is 42.1. The molecule has 372 valence electrons. The van der Waals surface area contributed by atoms with Crippen LogP contribution in [0.4, 0.5) is 0 Å². The first kappa shape index (κ1) is 55.2. The topological polar surface area (TPSA) is 168 Å². The van der Waals surface area contributed by atoms with Crippen molar-refractivity contribution in [3.63, 3.8) is 0 Å². The highest BCUT2D eigenvalue weighted by Crippen LogP contribution is 2.27. The lowest BCUT2D eigenvalue weighted by molar-refractivity contribution is -0.193. The van der Waals surface area contributed by atoms with Crippen molar-refractivity contribution < 1.29 is 57.5 Å². The molecule has 3 unspecified atom stereocenters. The van der Waals surface area contributed by atoms with E-state index in [2.05, 4.69) is 0 Å². The predicted molar refractivity (Wildman–Crippen MR) is 258 cm³/mol. The van der Waals surface area contributed by atoms with Crippen molar-refractivity contribution in [3.05, 3.63) is 143 Å². The van der Waals surface area contributed by atoms with Gasteiger partial charge in [-0.05, 0) is 115 Å². The van der Waals surface area contributed by atoms with Crippen LogP contribution in [0.3, 0.4) is 0 Å². The van der Waals surface area contributed by atoms with E-state index in [1.54, 1.807) is 80.5 Å². The second-order valence-electron chi connectivity index (χ2n) is 19.8. The number of hydroxylamine groups is 6. The summed E-state index contributed by atoms with van der Waals surface area (Å²) in [6.07, 6.45) is -0.738. The van der Waals surface area contributed by atoms with Crippen molar-refractivity contribution in [1.82, 2.24) is 15.2 Å². The van der Waals surface area contributed by atoms with Crippen LogP contribution >= 0.6 is 0 Å². The highest BCUT2D eigenvalue weighted by Gasteiger charge is 2.38. The molecule has 4 aromatic carbocycles. The van der Waals surface area contributed by atoms with Gasteiger partial charge in [-0.15, -0.1) is 0 Å². The Morgan fingerprint density at radius 2 is 0.594 bits per heavy atom. The number of ether oxygens (including phenoxy) is 3. The summed E-state index contributed by atoms with van der Waals surface area (Å²) in [5.74, 6) is -8.94. The maximum Gasteiger partial charge on any atom is 0.319 e. The van der Waals surface area contributed by atoms with Gasteiger partial charge in [0.15, 0.2) is 0 Å². The Bertz CT molecular complexity index is 2060. The molecule has 0 aliphatic rings. The van der Waals surface area contributed by atoms with Gasteiger partial charge in [-0.1, -0.05) is 109 Å². The Balaban J connectivity index is 1.82. The molecule has 0 radical (unpaired) electrons. The number of hydrogen-bond acceptors (Lipinski definition) is 12. The molecule has 0 aromatic heterocycles. The Hall–Kier alpha value is -6.42. The summed E-state index contributed by atoms with van der Waals surface area (Å²) < 4.78 is 17.4. The van der Waals surface area contributed by atoms with Crippen LogP contribution in [0.1, 0.15) is 95.7 Å². The lowest BCUT2D eigenvalue weighted by atomic mass is 9.88. The number of amides is 3. The van der Waals surface area contributed by atoms with Crippen LogP contribution in [0, 0.1) is 17.8 Å². The Morgan fingerprint density at radius 3 is 0.797 bits per heavy atom. The minimum Gasteiger partial charge on any atom is -0.459 e. The maximum absolute atomic E-state index is 14.3. The van der Waals surface area contributed by atoms with Gasteiger partial charge in [-0.25, -0.2) is 15.2 Å². The number of carbonyl (C=O) groups excluding carboxylic acids is 6. The summed E-state index contributed by atoms with van der Waals surface area (Å²) in [5.41, 5.74) is 0.603. The molecule has 0 bridgehead atoms. The van der Waals surface area contributed by atoms with Gasteiger partial charge in [-0.2, -0.15) is 0 Å². The number of esters is 3. The van der Waals surface area contributed by atoms with E-state index in [1.165, 1.54) is 21.1 Å². The average Bonchev–Trinajstić information content (AvgIpc) is 3.27. The van der Waals surface area contributed by atoms with Crippen molar-refractivity contribution in [2.45, 2.75) is 118 Å². The smallest absolute Gasteiger partial charge is 0.319 e. The highest BCUT2D eigenvalue weighted by atomic mass is 16.7. The number of carbonyl (C=O) groups is 6. The third-order valence-electron chi connectivity index (χ3n) is 10.1. The van der Waals surface area contributed by atoms with Crippen molar-refractivity contribution in [3.8, 4) is 0 Å². The van der Waals surface area contributed by atoms with Crippen LogP contribution in [-0.2, 0) is 96.6 Å². The van der Waals surface area contributed by atoms with Gasteiger partial charge in [0, 0.05) is 21.1 Å². The van der Waals surface area contributed by atoms with Gasteiger partial charge in [0.2, 0.25) is 0 Å². The summed E-state index contributed by atoms with van der Waals surface area (Å²) in [7, 11) is 4.22. The van der Waals surface area contributed by atoms with Crippen molar-refractivity contribution in [2.75, 3.05) is 21.1 Å². The molecule has 4 aromatic rings. The molecule has 0 saturated heterocycles. The monoisotopic (exact) mass is 951 g/mol. The molecule has 0 fully saturated rings. The first-order valence-corrected chi connectivity index (χ1v) is 22.9. The molecule has 3 atom stereocenters. The molecule has 0 heterocycles. The Kier molecular flexibility index (Phi) is 19.8. The third-order valence-corrected chi connectivity index (χ3v) is 10.1. The van der Waals surface area contributed by atoms with E-state index in [0.29, 0.717) is 16.7 Å². The van der Waals surface area contributed by atoms with E-state index >= 15 is 0 Å². The second-order valence-corrected chi connectivity index (χ2v) is 19.8. The molecule has 0 saturated carbocycles. The number of rotatable bonds is 21. The van der Waals surface area contributed by atoms with E-state index in [9.17, 15) is 28.8 Å². The van der Waals surface area contributed by atoms with Crippen molar-refractivity contribution >= 4 is 35.6 Å². The maximum atomic E-state index is 14.3. The Labute approximate surface area is 406 Å². The first-order valence-electron chi connectivity index (χ1n) is 22.9. The predicted octanol–water partition coefficient (Wildman–Crippen LogP) is 7.96. The molecule has 0 N–H and O–H groups in total. The third kappa shape index (κ3) is 18.9. The Morgan fingerprint density at radius 1 is 0.377 bits per heavy atom. The minimum atomic E-state index is -1.45. The van der Waals surface area contributed by atoms with Gasteiger partial charge < -0.3 is 14.2 Å². The van der Waals surface area contributed by atoms with E-state index in [1.807, 2.05) is 91.0 Å². The van der Waals surface area contributed by atoms with Crippen LogP contribution in [0.2, 0.25) is 0 Å². The van der Waals surface area contributed by atoms with Gasteiger partial charge in [0.1, 0.15) is 54.4 Å². The summed E-state index contributed by atoms with van der Waals surface area (Å²) in [4.78, 5) is 102. The van der Waals surface area contributed by atoms with Crippen LogP contribution in [0.15, 0.2) is 109 Å². The molecule has 0 aliphatic heterocycles. The van der Waals surface area contributed by atoms with E-state index < -0.39 is 70.2 Å². The first-order chi connectivity index (χ1) is 32.3. The fourth-order valence-corrected chi connectivity index (χ4v) is 6.92. The van der Waals surface area contributed by atoms with Crippen molar-refractivity contribution in [2.24, 2.45) is 17.8 Å². The average molecular weight is 952 g/mol. The lowest BCUT2D eigenvalue weighted by Crippen LogP contribution is -2.42. The van der Waals surface area contributed by atoms with Crippen LogP contribution in [0.5, 0.6) is 0 Å². The van der Waals surface area contributed by atoms with Gasteiger partial charge in [0.25, 0.3) is 17.7 Å². The highest BCUT2D eigenvalue weighted by molar-refractivity contribution is 5.99. The molecular weight excluding hydrogens is 883 g/mol. The lowest BCUT2D eigenvalue weighted by Gasteiger charge is -2.28. The van der Waals surface area contributed by atoms with E-state index in [-0.39, 0.29) is 39.1 Å². The fourth-order valence-electron chi connectivity index (χ4n) is 6.92. The van der Waals surface area contributed by atoms with Crippen LogP contribution in [0.25, 0.3) is 0 Å².